The van der Waals surface area contributed by atoms with E-state index in [0.29, 0.717) is 30.2 Å². The number of carbonyl (C=O) groups is 2. The van der Waals surface area contributed by atoms with Crippen LogP contribution < -0.4 is 14.8 Å². The summed E-state index contributed by atoms with van der Waals surface area (Å²) in [4.78, 5) is 35.2. The van der Waals surface area contributed by atoms with Gasteiger partial charge in [0.05, 0.1) is 38.9 Å². The third kappa shape index (κ3) is 6.80. The lowest BCUT2D eigenvalue weighted by molar-refractivity contribution is -0.121. The molecule has 0 saturated heterocycles. The first-order valence-corrected chi connectivity index (χ1v) is 10.6. The van der Waals surface area contributed by atoms with E-state index in [9.17, 15) is 9.59 Å². The number of nitrogens with one attached hydrogen (secondary N) is 1. The first kappa shape index (κ1) is 23.8. The molecule has 0 saturated carbocycles. The van der Waals surface area contributed by atoms with E-state index < -0.39 is 0 Å². The topological polar surface area (TPSA) is 107 Å². The van der Waals surface area contributed by atoms with Gasteiger partial charge in [-0.2, -0.15) is 0 Å². The average molecular weight is 453 g/mol. The highest BCUT2D eigenvalue weighted by atomic mass is 16.5. The van der Waals surface area contributed by atoms with Crippen molar-refractivity contribution in [2.24, 2.45) is 0 Å². The van der Waals surface area contributed by atoms with E-state index in [1.807, 2.05) is 18.2 Å². The number of amides is 2. The second kappa shape index (κ2) is 11.7. The second-order valence-electron chi connectivity index (χ2n) is 7.39. The number of nitrogens with zero attached hydrogens (tertiary/aromatic N) is 3. The van der Waals surface area contributed by atoms with Gasteiger partial charge in [-0.05, 0) is 43.2 Å². The summed E-state index contributed by atoms with van der Waals surface area (Å²) in [7, 11) is 3.17. The first-order chi connectivity index (χ1) is 16.0. The Morgan fingerprint density at radius 3 is 2.58 bits per heavy atom. The van der Waals surface area contributed by atoms with Gasteiger partial charge >= 0.3 is 0 Å². The van der Waals surface area contributed by atoms with E-state index in [1.54, 1.807) is 45.7 Å². The van der Waals surface area contributed by atoms with Crippen LogP contribution in [0.15, 0.2) is 53.4 Å². The van der Waals surface area contributed by atoms with Crippen molar-refractivity contribution in [2.75, 3.05) is 27.3 Å². The van der Waals surface area contributed by atoms with Gasteiger partial charge in [-0.15, -0.1) is 0 Å². The molecule has 9 heteroatoms. The van der Waals surface area contributed by atoms with Crippen molar-refractivity contribution in [3.8, 4) is 11.5 Å². The van der Waals surface area contributed by atoms with Crippen molar-refractivity contribution in [1.82, 2.24) is 20.2 Å². The summed E-state index contributed by atoms with van der Waals surface area (Å²) < 4.78 is 15.9. The predicted molar refractivity (Wildman–Crippen MR) is 121 cm³/mol. The molecule has 0 fully saturated rings. The highest BCUT2D eigenvalue weighted by Gasteiger charge is 2.20. The Morgan fingerprint density at radius 2 is 1.91 bits per heavy atom. The number of carbonyl (C=O) groups excluding carboxylic acids is 2. The quantitative estimate of drug-likeness (QED) is 0.477. The standard InChI is InChI=1S/C24H28N4O5/c1-17-14-27-20(15-26-17)24(30)28(16-19-5-4-12-33-19)11-9-23(29)25-10-8-18-6-7-21(31-2)22(13-18)32-3/h4-7,12-15H,8-11,16H2,1-3H3,(H,25,29). The van der Waals surface area contributed by atoms with Crippen molar-refractivity contribution in [1.29, 1.82) is 0 Å². The van der Waals surface area contributed by atoms with Crippen molar-refractivity contribution < 1.29 is 23.5 Å². The average Bonchev–Trinajstić information content (AvgIpc) is 3.35. The van der Waals surface area contributed by atoms with Crippen LogP contribution in [-0.4, -0.2) is 54.0 Å². The van der Waals surface area contributed by atoms with E-state index in [2.05, 4.69) is 15.3 Å². The lowest BCUT2D eigenvalue weighted by Gasteiger charge is -2.21. The van der Waals surface area contributed by atoms with Gasteiger partial charge in [0, 0.05) is 25.7 Å². The Balaban J connectivity index is 1.54. The summed E-state index contributed by atoms with van der Waals surface area (Å²) in [5, 5.41) is 2.90. The lowest BCUT2D eigenvalue weighted by Crippen LogP contribution is -2.35. The maximum Gasteiger partial charge on any atom is 0.274 e. The lowest BCUT2D eigenvalue weighted by atomic mass is 10.1. The highest BCUT2D eigenvalue weighted by molar-refractivity contribution is 5.92. The van der Waals surface area contributed by atoms with Gasteiger partial charge in [-0.25, -0.2) is 4.98 Å². The zero-order valence-corrected chi connectivity index (χ0v) is 19.0. The Hall–Kier alpha value is -3.88. The van der Waals surface area contributed by atoms with Gasteiger partial charge in [0.2, 0.25) is 5.91 Å². The van der Waals surface area contributed by atoms with Crippen LogP contribution in [0.25, 0.3) is 0 Å². The Kier molecular flexibility index (Phi) is 8.40. The van der Waals surface area contributed by atoms with Crippen LogP contribution in [0.2, 0.25) is 0 Å². The number of furan rings is 1. The molecule has 33 heavy (non-hydrogen) atoms. The van der Waals surface area contributed by atoms with Crippen LogP contribution in [0.1, 0.15) is 33.9 Å². The fourth-order valence-electron chi connectivity index (χ4n) is 3.22. The fourth-order valence-corrected chi connectivity index (χ4v) is 3.22. The Morgan fingerprint density at radius 1 is 1.09 bits per heavy atom. The smallest absolute Gasteiger partial charge is 0.274 e. The molecule has 1 aromatic carbocycles. The number of aryl methyl sites for hydroxylation is 1. The molecule has 3 aromatic rings. The van der Waals surface area contributed by atoms with Crippen molar-refractivity contribution in [3.05, 3.63) is 71.7 Å². The number of rotatable bonds is 11. The summed E-state index contributed by atoms with van der Waals surface area (Å²) in [6, 6.07) is 9.19. The van der Waals surface area contributed by atoms with Crippen molar-refractivity contribution >= 4 is 11.8 Å². The van der Waals surface area contributed by atoms with Gasteiger partial charge in [0.15, 0.2) is 11.5 Å². The van der Waals surface area contributed by atoms with Crippen LogP contribution in [0.5, 0.6) is 11.5 Å². The third-order valence-corrected chi connectivity index (χ3v) is 5.01. The minimum Gasteiger partial charge on any atom is -0.493 e. The van der Waals surface area contributed by atoms with Crippen LogP contribution >= 0.6 is 0 Å². The molecule has 0 unspecified atom stereocenters. The maximum absolute atomic E-state index is 12.9. The molecule has 0 aliphatic carbocycles. The molecule has 174 valence electrons. The van der Waals surface area contributed by atoms with E-state index in [-0.39, 0.29) is 37.0 Å². The van der Waals surface area contributed by atoms with Crippen LogP contribution in [0, 0.1) is 6.92 Å². The number of methoxy groups -OCH3 is 2. The Bertz CT molecular complexity index is 1050. The zero-order chi connectivity index (χ0) is 23.6. The van der Waals surface area contributed by atoms with Crippen LogP contribution in [0.3, 0.4) is 0 Å². The molecule has 0 spiro atoms. The third-order valence-electron chi connectivity index (χ3n) is 5.01. The molecule has 0 atom stereocenters. The molecule has 2 heterocycles. The van der Waals surface area contributed by atoms with E-state index in [0.717, 1.165) is 11.3 Å². The first-order valence-electron chi connectivity index (χ1n) is 10.6. The van der Waals surface area contributed by atoms with Crippen LogP contribution in [-0.2, 0) is 17.8 Å². The summed E-state index contributed by atoms with van der Waals surface area (Å²) >= 11 is 0. The molecule has 2 amide bonds. The van der Waals surface area contributed by atoms with Crippen molar-refractivity contribution in [2.45, 2.75) is 26.3 Å². The fraction of sp³-hybridized carbons (Fsp3) is 0.333. The molecule has 0 radical (unpaired) electrons. The number of aromatic nitrogens is 2. The second-order valence-corrected chi connectivity index (χ2v) is 7.39. The van der Waals surface area contributed by atoms with Crippen LogP contribution in [0.4, 0.5) is 0 Å². The number of benzene rings is 1. The Labute approximate surface area is 192 Å². The number of ether oxygens (including phenoxy) is 2. The number of hydrogen-bond acceptors (Lipinski definition) is 7. The molecular formula is C24H28N4O5. The van der Waals surface area contributed by atoms with Gasteiger partial charge < -0.3 is 24.1 Å². The predicted octanol–water partition coefficient (Wildman–Crippen LogP) is 2.79. The molecular weight excluding hydrogens is 424 g/mol. The van der Waals surface area contributed by atoms with E-state index in [4.69, 9.17) is 13.9 Å². The minimum absolute atomic E-state index is 0.150. The van der Waals surface area contributed by atoms with Gasteiger partial charge in [-0.1, -0.05) is 6.07 Å². The SMILES string of the molecule is COc1ccc(CCNC(=O)CCN(Cc2ccco2)C(=O)c2cnc(C)cn2)cc1OC. The van der Waals surface area contributed by atoms with E-state index >= 15 is 0 Å². The summed E-state index contributed by atoms with van der Waals surface area (Å²) in [6.45, 7) is 2.72. The zero-order valence-electron chi connectivity index (χ0n) is 19.0. The minimum atomic E-state index is -0.308. The molecule has 0 aliphatic rings. The number of hydrogen-bond donors (Lipinski definition) is 1. The summed E-state index contributed by atoms with van der Waals surface area (Å²) in [5.74, 6) is 1.47. The molecule has 0 aliphatic heterocycles. The molecule has 3 rings (SSSR count). The molecule has 0 bridgehead atoms. The monoisotopic (exact) mass is 452 g/mol. The van der Waals surface area contributed by atoms with Gasteiger partial charge in [-0.3, -0.25) is 14.6 Å². The van der Waals surface area contributed by atoms with Crippen molar-refractivity contribution in [3.63, 3.8) is 0 Å². The maximum atomic E-state index is 12.9. The van der Waals surface area contributed by atoms with Gasteiger partial charge in [0.25, 0.3) is 5.91 Å². The summed E-state index contributed by atoms with van der Waals surface area (Å²) in [6.07, 6.45) is 5.32. The highest BCUT2D eigenvalue weighted by Crippen LogP contribution is 2.27. The van der Waals surface area contributed by atoms with Gasteiger partial charge in [0.1, 0.15) is 11.5 Å². The molecule has 9 nitrogen and oxygen atoms in total. The normalized spacial score (nSPS) is 10.5. The largest absolute Gasteiger partial charge is 0.493 e. The molecule has 1 N–H and O–H groups in total. The molecule has 2 aromatic heterocycles. The summed E-state index contributed by atoms with van der Waals surface area (Å²) in [5.41, 5.74) is 1.96. The van der Waals surface area contributed by atoms with E-state index in [1.165, 1.54) is 11.1 Å².